The topological polar surface area (TPSA) is 50.4 Å². The summed E-state index contributed by atoms with van der Waals surface area (Å²) in [6.07, 6.45) is 10.0. The molecule has 0 aliphatic carbocycles. The second kappa shape index (κ2) is 12.0. The SMILES string of the molecule is CCCCCCCCCOc1ccc(-c2n[nH]c3c2CN(CC)CC3)cc1OCC. The van der Waals surface area contributed by atoms with Gasteiger partial charge in [0.2, 0.25) is 0 Å². The van der Waals surface area contributed by atoms with Crippen LogP contribution in [0.15, 0.2) is 18.2 Å². The number of unbranched alkanes of at least 4 members (excludes halogenated alkanes) is 6. The monoisotopic (exact) mass is 413 g/mol. The number of rotatable bonds is 13. The summed E-state index contributed by atoms with van der Waals surface area (Å²) in [5.74, 6) is 1.66. The van der Waals surface area contributed by atoms with Crippen LogP contribution in [0.4, 0.5) is 0 Å². The number of benzene rings is 1. The van der Waals surface area contributed by atoms with Crippen molar-refractivity contribution in [1.82, 2.24) is 15.1 Å². The Hall–Kier alpha value is -2.01. The first-order valence-corrected chi connectivity index (χ1v) is 11.9. The molecule has 2 aromatic rings. The molecule has 0 saturated carbocycles. The quantitative estimate of drug-likeness (QED) is 0.410. The molecule has 166 valence electrons. The molecule has 0 fully saturated rings. The molecule has 0 radical (unpaired) electrons. The summed E-state index contributed by atoms with van der Waals surface area (Å²) in [5, 5.41) is 7.89. The summed E-state index contributed by atoms with van der Waals surface area (Å²) >= 11 is 0. The number of nitrogens with zero attached hydrogens (tertiary/aromatic N) is 2. The van der Waals surface area contributed by atoms with Crippen LogP contribution in [0.3, 0.4) is 0 Å². The molecule has 0 unspecified atom stereocenters. The number of fused-ring (bicyclic) bond motifs is 1. The summed E-state index contributed by atoms with van der Waals surface area (Å²) < 4.78 is 12.0. The van der Waals surface area contributed by atoms with E-state index < -0.39 is 0 Å². The zero-order valence-electron chi connectivity index (χ0n) is 19.1. The highest BCUT2D eigenvalue weighted by Crippen LogP contribution is 2.35. The zero-order valence-corrected chi connectivity index (χ0v) is 19.1. The second-order valence-electron chi connectivity index (χ2n) is 8.21. The number of nitrogens with one attached hydrogen (secondary N) is 1. The minimum absolute atomic E-state index is 0.625. The molecule has 3 rings (SSSR count). The van der Waals surface area contributed by atoms with Crippen molar-refractivity contribution in [2.24, 2.45) is 0 Å². The normalized spacial score (nSPS) is 14.0. The Morgan fingerprint density at radius 3 is 2.53 bits per heavy atom. The van der Waals surface area contributed by atoms with Gasteiger partial charge >= 0.3 is 0 Å². The predicted molar refractivity (Wildman–Crippen MR) is 123 cm³/mol. The molecule has 1 aliphatic heterocycles. The van der Waals surface area contributed by atoms with Gasteiger partial charge < -0.3 is 9.47 Å². The number of H-pyrrole nitrogens is 1. The summed E-state index contributed by atoms with van der Waals surface area (Å²) in [5.41, 5.74) is 4.73. The van der Waals surface area contributed by atoms with Crippen LogP contribution in [0.5, 0.6) is 11.5 Å². The van der Waals surface area contributed by atoms with Gasteiger partial charge in [0.25, 0.3) is 0 Å². The molecular weight excluding hydrogens is 374 g/mol. The Balaban J connectivity index is 1.61. The van der Waals surface area contributed by atoms with Gasteiger partial charge in [-0.05, 0) is 38.1 Å². The Kier molecular flexibility index (Phi) is 9.06. The molecule has 1 aromatic carbocycles. The maximum atomic E-state index is 6.08. The van der Waals surface area contributed by atoms with Gasteiger partial charge in [0.15, 0.2) is 11.5 Å². The molecule has 30 heavy (non-hydrogen) atoms. The van der Waals surface area contributed by atoms with Crippen LogP contribution in [-0.4, -0.2) is 41.4 Å². The average molecular weight is 414 g/mol. The van der Waals surface area contributed by atoms with E-state index in [1.165, 1.54) is 49.8 Å². The molecule has 5 heteroatoms. The highest BCUT2D eigenvalue weighted by atomic mass is 16.5. The zero-order chi connectivity index (χ0) is 21.2. The molecule has 2 heterocycles. The molecule has 0 amide bonds. The van der Waals surface area contributed by atoms with Crippen LogP contribution in [-0.2, 0) is 13.0 Å². The molecule has 1 aliphatic rings. The lowest BCUT2D eigenvalue weighted by Gasteiger charge is -2.25. The molecule has 0 atom stereocenters. The molecule has 5 nitrogen and oxygen atoms in total. The summed E-state index contributed by atoms with van der Waals surface area (Å²) in [7, 11) is 0. The van der Waals surface area contributed by atoms with Crippen LogP contribution in [0, 0.1) is 0 Å². The van der Waals surface area contributed by atoms with Crippen molar-refractivity contribution >= 4 is 0 Å². The minimum atomic E-state index is 0.625. The van der Waals surface area contributed by atoms with E-state index in [0.29, 0.717) is 6.61 Å². The van der Waals surface area contributed by atoms with Crippen LogP contribution < -0.4 is 9.47 Å². The maximum Gasteiger partial charge on any atom is 0.161 e. The lowest BCUT2D eigenvalue weighted by atomic mass is 10.0. The number of aromatic nitrogens is 2. The molecular formula is C25H39N3O2. The maximum absolute atomic E-state index is 6.08. The third-order valence-electron chi connectivity index (χ3n) is 5.98. The van der Waals surface area contributed by atoms with Gasteiger partial charge in [0.05, 0.1) is 18.9 Å². The van der Waals surface area contributed by atoms with Crippen molar-refractivity contribution in [2.45, 2.75) is 78.7 Å². The van der Waals surface area contributed by atoms with Crippen molar-refractivity contribution in [3.63, 3.8) is 0 Å². The van der Waals surface area contributed by atoms with Crippen molar-refractivity contribution in [3.05, 3.63) is 29.5 Å². The van der Waals surface area contributed by atoms with Gasteiger partial charge in [0.1, 0.15) is 0 Å². The lowest BCUT2D eigenvalue weighted by Crippen LogP contribution is -2.30. The smallest absolute Gasteiger partial charge is 0.161 e. The fourth-order valence-corrected chi connectivity index (χ4v) is 4.14. The van der Waals surface area contributed by atoms with Crippen molar-refractivity contribution < 1.29 is 9.47 Å². The van der Waals surface area contributed by atoms with Crippen molar-refractivity contribution in [1.29, 1.82) is 0 Å². The van der Waals surface area contributed by atoms with Gasteiger partial charge in [-0.15, -0.1) is 0 Å². The standard InChI is InChI=1S/C25H39N3O2/c1-4-7-8-9-10-11-12-17-30-23-14-13-20(18-24(23)29-6-3)25-21-19-28(5-2)16-15-22(21)26-27-25/h13-14,18H,4-12,15-17,19H2,1-3H3,(H,26,27). The van der Waals surface area contributed by atoms with E-state index in [2.05, 4.69) is 41.1 Å². The van der Waals surface area contributed by atoms with E-state index in [1.54, 1.807) is 0 Å². The van der Waals surface area contributed by atoms with Gasteiger partial charge in [-0.1, -0.05) is 52.4 Å². The number of hydrogen-bond donors (Lipinski definition) is 1. The van der Waals surface area contributed by atoms with E-state index >= 15 is 0 Å². The Morgan fingerprint density at radius 1 is 0.967 bits per heavy atom. The third kappa shape index (κ3) is 6.00. The number of likely N-dealkylation sites (N-methyl/N-ethyl adjacent to an activating group) is 1. The Bertz CT molecular complexity index is 772. The van der Waals surface area contributed by atoms with Gasteiger partial charge in [-0.2, -0.15) is 5.10 Å². The first kappa shape index (κ1) is 22.7. The van der Waals surface area contributed by atoms with E-state index in [0.717, 1.165) is 61.8 Å². The largest absolute Gasteiger partial charge is 0.490 e. The number of aromatic amines is 1. The highest BCUT2D eigenvalue weighted by Gasteiger charge is 2.22. The van der Waals surface area contributed by atoms with E-state index in [9.17, 15) is 0 Å². The Labute approximate surface area is 182 Å². The molecule has 0 saturated heterocycles. The predicted octanol–water partition coefficient (Wildman–Crippen LogP) is 5.98. The molecule has 0 bridgehead atoms. The molecule has 1 N–H and O–H groups in total. The van der Waals surface area contributed by atoms with Crippen LogP contribution in [0.2, 0.25) is 0 Å². The fourth-order valence-electron chi connectivity index (χ4n) is 4.14. The summed E-state index contributed by atoms with van der Waals surface area (Å²) in [6.45, 7) is 11.0. The second-order valence-corrected chi connectivity index (χ2v) is 8.21. The fraction of sp³-hybridized carbons (Fsp3) is 0.640. The Morgan fingerprint density at radius 2 is 1.77 bits per heavy atom. The first-order chi connectivity index (χ1) is 14.8. The molecule has 1 aromatic heterocycles. The van der Waals surface area contributed by atoms with Crippen LogP contribution in [0.25, 0.3) is 11.3 Å². The number of hydrogen-bond acceptors (Lipinski definition) is 4. The van der Waals surface area contributed by atoms with E-state index in [1.807, 2.05) is 13.0 Å². The summed E-state index contributed by atoms with van der Waals surface area (Å²) in [4.78, 5) is 2.46. The van der Waals surface area contributed by atoms with Gasteiger partial charge in [-0.25, -0.2) is 0 Å². The van der Waals surface area contributed by atoms with Crippen molar-refractivity contribution in [3.8, 4) is 22.8 Å². The van der Waals surface area contributed by atoms with Gasteiger partial charge in [-0.3, -0.25) is 10.00 Å². The van der Waals surface area contributed by atoms with Crippen LogP contribution >= 0.6 is 0 Å². The lowest BCUT2D eigenvalue weighted by molar-refractivity contribution is 0.267. The molecule has 0 spiro atoms. The number of ether oxygens (including phenoxy) is 2. The minimum Gasteiger partial charge on any atom is -0.490 e. The first-order valence-electron chi connectivity index (χ1n) is 11.9. The van der Waals surface area contributed by atoms with E-state index in [-0.39, 0.29) is 0 Å². The average Bonchev–Trinajstić information content (AvgIpc) is 3.19. The van der Waals surface area contributed by atoms with Crippen molar-refractivity contribution in [2.75, 3.05) is 26.3 Å². The van der Waals surface area contributed by atoms with Crippen LogP contribution in [0.1, 0.15) is 77.0 Å². The third-order valence-corrected chi connectivity index (χ3v) is 5.98. The van der Waals surface area contributed by atoms with Gasteiger partial charge in [0, 0.05) is 36.3 Å². The van der Waals surface area contributed by atoms with E-state index in [4.69, 9.17) is 9.47 Å². The summed E-state index contributed by atoms with van der Waals surface area (Å²) in [6, 6.07) is 6.25. The highest BCUT2D eigenvalue weighted by molar-refractivity contribution is 5.68.